The van der Waals surface area contributed by atoms with Crippen LogP contribution in [0.1, 0.15) is 109 Å². The van der Waals surface area contributed by atoms with Gasteiger partial charge >= 0.3 is 0 Å². The van der Waals surface area contributed by atoms with E-state index >= 15 is 0 Å². The molecule has 0 aliphatic rings. The van der Waals surface area contributed by atoms with E-state index in [1.807, 2.05) is 0 Å². The number of hydrogen-bond donors (Lipinski definition) is 2. The van der Waals surface area contributed by atoms with E-state index in [1.165, 1.54) is 10.5 Å². The van der Waals surface area contributed by atoms with E-state index in [-0.39, 0.29) is 22.7 Å². The van der Waals surface area contributed by atoms with Gasteiger partial charge in [0.15, 0.2) is 0 Å². The Kier molecular flexibility index (Phi) is 7.29. The van der Waals surface area contributed by atoms with Gasteiger partial charge < -0.3 is 10.2 Å². The summed E-state index contributed by atoms with van der Waals surface area (Å²) in [6.45, 7) is 21.4. The molecule has 0 saturated carbocycles. The molecule has 0 unspecified atom stereocenters. The third-order valence-electron chi connectivity index (χ3n) is 5.58. The maximum atomic E-state index is 11.0. The van der Waals surface area contributed by atoms with Gasteiger partial charge in [-0.3, -0.25) is 0 Å². The van der Waals surface area contributed by atoms with Crippen LogP contribution in [0.15, 0.2) is 29.2 Å². The Labute approximate surface area is 188 Å². The largest absolute Gasteiger partial charge is 0.507 e. The van der Waals surface area contributed by atoms with Gasteiger partial charge in [0, 0.05) is 10.6 Å². The van der Waals surface area contributed by atoms with Crippen LogP contribution >= 0.6 is 11.8 Å². The van der Waals surface area contributed by atoms with Crippen molar-refractivity contribution in [3.63, 3.8) is 0 Å². The maximum absolute atomic E-state index is 11.0. The van der Waals surface area contributed by atoms with Gasteiger partial charge in [-0.25, -0.2) is 0 Å². The molecule has 2 aromatic carbocycles. The first kappa shape index (κ1) is 24.7. The minimum absolute atomic E-state index is 0.126. The third kappa shape index (κ3) is 5.55. The molecule has 0 amide bonds. The first-order valence-electron chi connectivity index (χ1n) is 11.0. The summed E-state index contributed by atoms with van der Waals surface area (Å²) in [6, 6.07) is 8.58. The standard InChI is InChI=1S/C27H40O2S/c1-16(2)20-13-19(14-21(17(3)4)24(20)28)30-15-18-11-22(26(5,6)7)25(29)23(12-18)27(8,9)10/h11-14,16-17,28-29H,15H2,1-10H3. The van der Waals surface area contributed by atoms with Gasteiger partial charge in [0.2, 0.25) is 0 Å². The van der Waals surface area contributed by atoms with E-state index in [2.05, 4.69) is 93.5 Å². The highest BCUT2D eigenvalue weighted by Crippen LogP contribution is 2.42. The summed E-state index contributed by atoms with van der Waals surface area (Å²) in [5.41, 5.74) is 5.00. The zero-order valence-corrected chi connectivity index (χ0v) is 21.3. The van der Waals surface area contributed by atoms with Crippen LogP contribution in [0.3, 0.4) is 0 Å². The highest BCUT2D eigenvalue weighted by atomic mass is 32.2. The van der Waals surface area contributed by atoms with Crippen molar-refractivity contribution in [1.82, 2.24) is 0 Å². The van der Waals surface area contributed by atoms with E-state index in [0.29, 0.717) is 11.5 Å². The zero-order valence-electron chi connectivity index (χ0n) is 20.5. The Bertz CT molecular complexity index is 832. The first-order chi connectivity index (χ1) is 13.6. The van der Waals surface area contributed by atoms with Crippen LogP contribution in [0.4, 0.5) is 0 Å². The topological polar surface area (TPSA) is 40.5 Å². The van der Waals surface area contributed by atoms with Crippen molar-refractivity contribution in [3.05, 3.63) is 52.1 Å². The van der Waals surface area contributed by atoms with Crippen molar-refractivity contribution in [2.24, 2.45) is 0 Å². The number of aromatic hydroxyl groups is 2. The summed E-state index contributed by atoms with van der Waals surface area (Å²) >= 11 is 1.80. The zero-order chi connectivity index (χ0) is 23.0. The van der Waals surface area contributed by atoms with Crippen molar-refractivity contribution < 1.29 is 10.2 Å². The van der Waals surface area contributed by atoms with Crippen molar-refractivity contribution in [3.8, 4) is 11.5 Å². The Hall–Kier alpha value is -1.61. The second kappa shape index (κ2) is 8.86. The molecule has 2 aromatic rings. The van der Waals surface area contributed by atoms with E-state index in [0.717, 1.165) is 28.0 Å². The molecule has 0 heterocycles. The number of hydrogen-bond acceptors (Lipinski definition) is 3. The fourth-order valence-corrected chi connectivity index (χ4v) is 4.62. The van der Waals surface area contributed by atoms with Crippen LogP contribution < -0.4 is 0 Å². The minimum atomic E-state index is -0.126. The Morgan fingerprint density at radius 1 is 0.700 bits per heavy atom. The normalized spacial score (nSPS) is 12.8. The van der Waals surface area contributed by atoms with Gasteiger partial charge in [-0.2, -0.15) is 0 Å². The van der Waals surface area contributed by atoms with Crippen molar-refractivity contribution in [2.75, 3.05) is 0 Å². The molecule has 0 aliphatic carbocycles. The predicted octanol–water partition coefficient (Wildman–Crippen LogP) is 8.23. The van der Waals surface area contributed by atoms with Crippen molar-refractivity contribution in [2.45, 2.75) is 103 Å². The molecule has 0 spiro atoms. The van der Waals surface area contributed by atoms with Crippen LogP contribution in [0.2, 0.25) is 0 Å². The van der Waals surface area contributed by atoms with Crippen LogP contribution in [0.25, 0.3) is 0 Å². The number of phenolic OH excluding ortho intramolecular Hbond substituents is 2. The monoisotopic (exact) mass is 428 g/mol. The van der Waals surface area contributed by atoms with Crippen molar-refractivity contribution in [1.29, 1.82) is 0 Å². The molecule has 2 N–H and O–H groups in total. The fraction of sp³-hybridized carbons (Fsp3) is 0.556. The molecule has 0 aliphatic heterocycles. The fourth-order valence-electron chi connectivity index (χ4n) is 3.70. The van der Waals surface area contributed by atoms with Gasteiger partial charge in [0.05, 0.1) is 0 Å². The van der Waals surface area contributed by atoms with Crippen LogP contribution in [0.5, 0.6) is 11.5 Å². The summed E-state index contributed by atoms with van der Waals surface area (Å²) in [6.07, 6.45) is 0. The molecule has 0 fully saturated rings. The molecule has 2 nitrogen and oxygen atoms in total. The Morgan fingerprint density at radius 3 is 1.43 bits per heavy atom. The number of thioether (sulfide) groups is 1. The summed E-state index contributed by atoms with van der Waals surface area (Å²) in [5.74, 6) is 2.25. The Morgan fingerprint density at radius 2 is 1.10 bits per heavy atom. The van der Waals surface area contributed by atoms with Gasteiger partial charge in [-0.15, -0.1) is 11.8 Å². The predicted molar refractivity (Wildman–Crippen MR) is 131 cm³/mol. The molecule has 166 valence electrons. The van der Waals surface area contributed by atoms with Gasteiger partial charge in [0.25, 0.3) is 0 Å². The van der Waals surface area contributed by atoms with Crippen molar-refractivity contribution >= 4 is 11.8 Å². The SMILES string of the molecule is CC(C)c1cc(SCc2cc(C(C)(C)C)c(O)c(C(C)(C)C)c2)cc(C(C)C)c1O. The van der Waals surface area contributed by atoms with E-state index in [4.69, 9.17) is 0 Å². The highest BCUT2D eigenvalue weighted by Gasteiger charge is 2.26. The van der Waals surface area contributed by atoms with E-state index in [9.17, 15) is 10.2 Å². The lowest BCUT2D eigenvalue weighted by Crippen LogP contribution is -2.17. The van der Waals surface area contributed by atoms with Crippen LogP contribution in [-0.4, -0.2) is 10.2 Å². The summed E-state index contributed by atoms with van der Waals surface area (Å²) in [5, 5.41) is 21.6. The summed E-state index contributed by atoms with van der Waals surface area (Å²) < 4.78 is 0. The molecule has 30 heavy (non-hydrogen) atoms. The maximum Gasteiger partial charge on any atom is 0.123 e. The second-order valence-electron chi connectivity index (χ2n) is 11.1. The van der Waals surface area contributed by atoms with E-state index in [1.54, 1.807) is 11.8 Å². The summed E-state index contributed by atoms with van der Waals surface area (Å²) in [7, 11) is 0. The quantitative estimate of drug-likeness (QED) is 0.471. The number of phenols is 2. The number of benzene rings is 2. The second-order valence-corrected chi connectivity index (χ2v) is 12.1. The molecule has 0 radical (unpaired) electrons. The lowest BCUT2D eigenvalue weighted by Gasteiger charge is -2.28. The first-order valence-corrected chi connectivity index (χ1v) is 12.0. The number of rotatable bonds is 5. The van der Waals surface area contributed by atoms with E-state index < -0.39 is 0 Å². The van der Waals surface area contributed by atoms with Gasteiger partial charge in [-0.05, 0) is 62.6 Å². The molecular formula is C27H40O2S. The Balaban J connectivity index is 2.47. The molecule has 0 saturated heterocycles. The molecule has 3 heteroatoms. The van der Waals surface area contributed by atoms with Gasteiger partial charge in [-0.1, -0.05) is 81.4 Å². The minimum Gasteiger partial charge on any atom is -0.507 e. The van der Waals surface area contributed by atoms with Crippen LogP contribution in [0, 0.1) is 0 Å². The average Bonchev–Trinajstić information content (AvgIpc) is 2.59. The van der Waals surface area contributed by atoms with Gasteiger partial charge in [0.1, 0.15) is 11.5 Å². The average molecular weight is 429 g/mol. The molecule has 2 rings (SSSR count). The highest BCUT2D eigenvalue weighted by molar-refractivity contribution is 7.98. The summed E-state index contributed by atoms with van der Waals surface area (Å²) in [4.78, 5) is 1.18. The lowest BCUT2D eigenvalue weighted by atomic mass is 9.78. The molecular weight excluding hydrogens is 388 g/mol. The molecule has 0 atom stereocenters. The van der Waals surface area contributed by atoms with Crippen LogP contribution in [-0.2, 0) is 16.6 Å². The smallest absolute Gasteiger partial charge is 0.123 e. The lowest BCUT2D eigenvalue weighted by molar-refractivity contribution is 0.423. The third-order valence-corrected chi connectivity index (χ3v) is 6.62. The molecule has 0 aromatic heterocycles. The molecule has 0 bridgehead atoms.